The molecule has 0 aliphatic carbocycles. The molecule has 0 spiro atoms. The van der Waals surface area contributed by atoms with E-state index in [0.717, 1.165) is 25.3 Å². The molecular formula is C14H23N3O. The fourth-order valence-corrected chi connectivity index (χ4v) is 2.44. The fraction of sp³-hybridized carbons (Fsp3) is 0.643. The molecule has 1 aromatic heterocycles. The van der Waals surface area contributed by atoms with Gasteiger partial charge in [-0.05, 0) is 44.5 Å². The maximum absolute atomic E-state index is 10.0. The van der Waals surface area contributed by atoms with Gasteiger partial charge in [0.2, 0.25) is 0 Å². The van der Waals surface area contributed by atoms with Crippen LogP contribution in [0.3, 0.4) is 0 Å². The monoisotopic (exact) mass is 249 g/mol. The minimum Gasteiger partial charge on any atom is -0.388 e. The van der Waals surface area contributed by atoms with Crippen LogP contribution in [0.2, 0.25) is 0 Å². The summed E-state index contributed by atoms with van der Waals surface area (Å²) in [7, 11) is 0. The van der Waals surface area contributed by atoms with E-state index in [1.807, 2.05) is 19.2 Å². The Morgan fingerprint density at radius 3 is 3.00 bits per heavy atom. The quantitative estimate of drug-likeness (QED) is 0.853. The summed E-state index contributed by atoms with van der Waals surface area (Å²) in [6.07, 6.45) is 2.66. The Morgan fingerprint density at radius 1 is 1.61 bits per heavy atom. The Bertz CT molecular complexity index is 406. The van der Waals surface area contributed by atoms with E-state index >= 15 is 0 Å². The van der Waals surface area contributed by atoms with Crippen LogP contribution < -0.4 is 10.2 Å². The first-order chi connectivity index (χ1) is 8.52. The molecule has 1 aromatic rings. The van der Waals surface area contributed by atoms with Crippen LogP contribution >= 0.6 is 0 Å². The van der Waals surface area contributed by atoms with Gasteiger partial charge < -0.3 is 15.3 Å². The molecule has 1 fully saturated rings. The van der Waals surface area contributed by atoms with Gasteiger partial charge in [0.1, 0.15) is 5.82 Å². The summed E-state index contributed by atoms with van der Waals surface area (Å²) < 4.78 is 0. The number of β-amino-alcohol motifs (C(OH)–C–C–N with tert-alkyl or cyclic N) is 1. The van der Waals surface area contributed by atoms with Crippen LogP contribution in [0.1, 0.15) is 38.8 Å². The number of nitrogens with zero attached hydrogens (tertiary/aromatic N) is 2. The molecule has 1 aliphatic heterocycles. The zero-order valence-corrected chi connectivity index (χ0v) is 11.5. The molecular weight excluding hydrogens is 226 g/mol. The number of anilines is 1. The summed E-state index contributed by atoms with van der Waals surface area (Å²) in [6, 6.07) is 4.50. The first kappa shape index (κ1) is 13.3. The Morgan fingerprint density at radius 2 is 2.39 bits per heavy atom. The van der Waals surface area contributed by atoms with Gasteiger partial charge in [-0.3, -0.25) is 0 Å². The van der Waals surface area contributed by atoms with Crippen molar-refractivity contribution < 1.29 is 5.11 Å². The van der Waals surface area contributed by atoms with E-state index in [9.17, 15) is 5.11 Å². The highest BCUT2D eigenvalue weighted by Crippen LogP contribution is 2.26. The van der Waals surface area contributed by atoms with Crippen molar-refractivity contribution >= 4 is 5.82 Å². The summed E-state index contributed by atoms with van der Waals surface area (Å²) in [4.78, 5) is 6.57. The molecule has 2 rings (SSSR count). The Hall–Kier alpha value is -1.13. The summed E-state index contributed by atoms with van der Waals surface area (Å²) in [5.41, 5.74) is 0.665. The molecule has 0 radical (unpaired) electrons. The van der Waals surface area contributed by atoms with Crippen molar-refractivity contribution in [2.45, 2.75) is 38.8 Å². The van der Waals surface area contributed by atoms with E-state index in [4.69, 9.17) is 0 Å². The molecule has 0 bridgehead atoms. The highest BCUT2D eigenvalue weighted by molar-refractivity contribution is 5.43. The van der Waals surface area contributed by atoms with Crippen LogP contribution in [0.15, 0.2) is 18.3 Å². The lowest BCUT2D eigenvalue weighted by molar-refractivity contribution is 0.0839. The van der Waals surface area contributed by atoms with Crippen molar-refractivity contribution in [2.75, 3.05) is 24.5 Å². The summed E-state index contributed by atoms with van der Waals surface area (Å²) >= 11 is 0. The largest absolute Gasteiger partial charge is 0.388 e. The predicted molar refractivity (Wildman–Crippen MR) is 73.8 cm³/mol. The van der Waals surface area contributed by atoms with Crippen molar-refractivity contribution in [1.82, 2.24) is 10.3 Å². The van der Waals surface area contributed by atoms with Crippen molar-refractivity contribution in [1.29, 1.82) is 0 Å². The maximum atomic E-state index is 10.0. The topological polar surface area (TPSA) is 48.4 Å². The highest BCUT2D eigenvalue weighted by atomic mass is 16.3. The van der Waals surface area contributed by atoms with E-state index < -0.39 is 5.60 Å². The minimum absolute atomic E-state index is 0.333. The molecule has 0 aromatic carbocycles. The maximum Gasteiger partial charge on any atom is 0.128 e. The number of rotatable bonds is 4. The van der Waals surface area contributed by atoms with Crippen LogP contribution in [0.4, 0.5) is 5.82 Å². The average molecular weight is 249 g/mol. The van der Waals surface area contributed by atoms with Gasteiger partial charge in [-0.2, -0.15) is 0 Å². The average Bonchev–Trinajstić information content (AvgIpc) is 2.70. The van der Waals surface area contributed by atoms with E-state index in [1.165, 1.54) is 5.56 Å². The second kappa shape index (κ2) is 5.24. The molecule has 4 nitrogen and oxygen atoms in total. The lowest BCUT2D eigenvalue weighted by Crippen LogP contribution is -2.30. The van der Waals surface area contributed by atoms with Gasteiger partial charge in [-0.15, -0.1) is 0 Å². The first-order valence-corrected chi connectivity index (χ1v) is 6.68. The number of aliphatic hydroxyl groups is 1. The van der Waals surface area contributed by atoms with Gasteiger partial charge in [0.25, 0.3) is 0 Å². The summed E-state index contributed by atoms with van der Waals surface area (Å²) in [5.74, 6) is 0.968. The second-order valence-electron chi connectivity index (χ2n) is 5.40. The van der Waals surface area contributed by atoms with Gasteiger partial charge >= 0.3 is 0 Å². The van der Waals surface area contributed by atoms with E-state index in [2.05, 4.69) is 35.1 Å². The van der Waals surface area contributed by atoms with Crippen LogP contribution in [-0.4, -0.2) is 35.3 Å². The number of hydrogen-bond donors (Lipinski definition) is 2. The third-order valence-corrected chi connectivity index (χ3v) is 3.56. The van der Waals surface area contributed by atoms with E-state index in [0.29, 0.717) is 12.6 Å². The zero-order valence-electron chi connectivity index (χ0n) is 11.5. The van der Waals surface area contributed by atoms with E-state index in [1.54, 1.807) is 0 Å². The van der Waals surface area contributed by atoms with Crippen molar-refractivity contribution in [3.05, 3.63) is 23.9 Å². The van der Waals surface area contributed by atoms with Gasteiger partial charge in [0.15, 0.2) is 0 Å². The normalized spacial score (nSPS) is 25.4. The standard InChI is InChI=1S/C14H23N3O/c1-4-15-11(2)12-5-7-16-13(9-12)17-8-6-14(3,18)10-17/h5,7,9,11,15,18H,4,6,8,10H2,1-3H3. The smallest absolute Gasteiger partial charge is 0.128 e. The Labute approximate surface area is 109 Å². The van der Waals surface area contributed by atoms with Gasteiger partial charge in [0, 0.05) is 25.3 Å². The Kier molecular flexibility index (Phi) is 3.88. The zero-order chi connectivity index (χ0) is 13.2. The molecule has 1 saturated heterocycles. The van der Waals surface area contributed by atoms with Crippen LogP contribution in [0, 0.1) is 0 Å². The molecule has 0 saturated carbocycles. The van der Waals surface area contributed by atoms with Crippen molar-refractivity contribution in [2.24, 2.45) is 0 Å². The van der Waals surface area contributed by atoms with Gasteiger partial charge in [-0.25, -0.2) is 4.98 Å². The third kappa shape index (κ3) is 3.00. The number of pyridine rings is 1. The molecule has 100 valence electrons. The predicted octanol–water partition coefficient (Wildman–Crippen LogP) is 1.71. The molecule has 2 heterocycles. The van der Waals surface area contributed by atoms with Crippen LogP contribution in [0.25, 0.3) is 0 Å². The van der Waals surface area contributed by atoms with Crippen LogP contribution in [0.5, 0.6) is 0 Å². The summed E-state index contributed by atoms with van der Waals surface area (Å²) in [6.45, 7) is 8.65. The van der Waals surface area contributed by atoms with Crippen molar-refractivity contribution in [3.63, 3.8) is 0 Å². The molecule has 2 unspecified atom stereocenters. The SMILES string of the molecule is CCNC(C)c1ccnc(N2CCC(C)(O)C2)c1. The van der Waals surface area contributed by atoms with E-state index in [-0.39, 0.29) is 0 Å². The lowest BCUT2D eigenvalue weighted by atomic mass is 10.1. The van der Waals surface area contributed by atoms with Crippen LogP contribution in [-0.2, 0) is 0 Å². The molecule has 1 aliphatic rings. The third-order valence-electron chi connectivity index (χ3n) is 3.56. The highest BCUT2D eigenvalue weighted by Gasteiger charge is 2.32. The minimum atomic E-state index is -0.578. The number of aromatic nitrogens is 1. The second-order valence-corrected chi connectivity index (χ2v) is 5.40. The fourth-order valence-electron chi connectivity index (χ4n) is 2.44. The molecule has 2 N–H and O–H groups in total. The number of nitrogens with one attached hydrogen (secondary N) is 1. The molecule has 4 heteroatoms. The number of hydrogen-bond acceptors (Lipinski definition) is 4. The lowest BCUT2D eigenvalue weighted by Gasteiger charge is -2.21. The first-order valence-electron chi connectivity index (χ1n) is 6.68. The Balaban J connectivity index is 2.13. The van der Waals surface area contributed by atoms with Gasteiger partial charge in [-0.1, -0.05) is 6.92 Å². The molecule has 18 heavy (non-hydrogen) atoms. The summed E-state index contributed by atoms with van der Waals surface area (Å²) in [5, 5.41) is 13.4. The molecule has 0 amide bonds. The molecule has 2 atom stereocenters. The van der Waals surface area contributed by atoms with Gasteiger partial charge in [0.05, 0.1) is 5.60 Å². The van der Waals surface area contributed by atoms with Crippen molar-refractivity contribution in [3.8, 4) is 0 Å².